The number of nitrogens with zero attached hydrogens (tertiary/aromatic N) is 2. The maximum atomic E-state index is 12.3. The van der Waals surface area contributed by atoms with E-state index in [-0.39, 0.29) is 30.6 Å². The van der Waals surface area contributed by atoms with Gasteiger partial charge in [0.1, 0.15) is 6.04 Å². The first kappa shape index (κ1) is 18.6. The molecular weight excluding hydrogens is 350 g/mol. The van der Waals surface area contributed by atoms with Crippen LogP contribution in [-0.4, -0.2) is 40.4 Å². The molecule has 0 unspecified atom stereocenters. The highest BCUT2D eigenvalue weighted by atomic mass is 16.5. The Morgan fingerprint density at radius 2 is 2.11 bits per heavy atom. The molecule has 2 aromatic rings. The summed E-state index contributed by atoms with van der Waals surface area (Å²) < 4.78 is 5.00. The molecule has 0 fully saturated rings. The molecule has 27 heavy (non-hydrogen) atoms. The van der Waals surface area contributed by atoms with E-state index in [0.717, 1.165) is 0 Å². The fraction of sp³-hybridized carbons (Fsp3) is 0.389. The molecule has 0 saturated carbocycles. The molecule has 3 rings (SSSR count). The van der Waals surface area contributed by atoms with Gasteiger partial charge in [0.15, 0.2) is 5.82 Å². The summed E-state index contributed by atoms with van der Waals surface area (Å²) in [7, 11) is 0. The highest BCUT2D eigenvalue weighted by Gasteiger charge is 2.27. The molecule has 3 amide bonds. The third-order valence-electron chi connectivity index (χ3n) is 4.17. The van der Waals surface area contributed by atoms with E-state index in [1.807, 2.05) is 0 Å². The van der Waals surface area contributed by atoms with Crippen molar-refractivity contribution in [3.8, 4) is 0 Å². The van der Waals surface area contributed by atoms with Gasteiger partial charge in [-0.1, -0.05) is 17.3 Å². The highest BCUT2D eigenvalue weighted by molar-refractivity contribution is 6.09. The number of rotatable bonds is 7. The van der Waals surface area contributed by atoms with E-state index in [1.165, 1.54) is 0 Å². The van der Waals surface area contributed by atoms with Gasteiger partial charge < -0.3 is 20.5 Å². The minimum absolute atomic E-state index is 0.133. The average molecular weight is 371 g/mol. The van der Waals surface area contributed by atoms with Crippen LogP contribution in [0.2, 0.25) is 0 Å². The number of amides is 3. The van der Waals surface area contributed by atoms with Crippen LogP contribution in [0.25, 0.3) is 0 Å². The summed E-state index contributed by atoms with van der Waals surface area (Å²) in [5, 5.41) is 11.9. The normalized spacial score (nSPS) is 16.1. The zero-order chi connectivity index (χ0) is 19.2. The van der Waals surface area contributed by atoms with Gasteiger partial charge in [-0.25, -0.2) is 0 Å². The minimum atomic E-state index is -0.753. The van der Waals surface area contributed by atoms with Gasteiger partial charge in [-0.3, -0.25) is 14.4 Å². The quantitative estimate of drug-likeness (QED) is 0.622. The van der Waals surface area contributed by atoms with Crippen molar-refractivity contribution in [3.63, 3.8) is 0 Å². The molecule has 1 atom stereocenters. The number of fused-ring (bicyclic) bond motifs is 1. The lowest BCUT2D eigenvalue weighted by Crippen LogP contribution is -2.42. The van der Waals surface area contributed by atoms with E-state index < -0.39 is 6.04 Å². The Morgan fingerprint density at radius 3 is 2.89 bits per heavy atom. The second-order valence-electron chi connectivity index (χ2n) is 6.29. The molecule has 9 heteroatoms. The van der Waals surface area contributed by atoms with Crippen LogP contribution in [0.4, 0.5) is 5.69 Å². The number of aromatic nitrogens is 2. The van der Waals surface area contributed by atoms with Crippen LogP contribution in [0, 0.1) is 6.92 Å². The van der Waals surface area contributed by atoms with Crippen molar-refractivity contribution in [2.24, 2.45) is 0 Å². The maximum Gasteiger partial charge on any atom is 0.254 e. The summed E-state index contributed by atoms with van der Waals surface area (Å²) >= 11 is 0. The van der Waals surface area contributed by atoms with E-state index >= 15 is 0 Å². The summed E-state index contributed by atoms with van der Waals surface area (Å²) in [5.41, 5.74) is 0.886. The minimum Gasteiger partial charge on any atom is -0.356 e. The van der Waals surface area contributed by atoms with Crippen molar-refractivity contribution in [1.29, 1.82) is 0 Å². The van der Waals surface area contributed by atoms with Gasteiger partial charge in [0, 0.05) is 19.4 Å². The molecule has 1 aromatic carbocycles. The first-order chi connectivity index (χ1) is 13.0. The van der Waals surface area contributed by atoms with Crippen LogP contribution in [0.1, 0.15) is 41.3 Å². The third kappa shape index (κ3) is 4.90. The largest absolute Gasteiger partial charge is 0.356 e. The van der Waals surface area contributed by atoms with Gasteiger partial charge in [-0.2, -0.15) is 4.98 Å². The molecule has 1 aliphatic rings. The second-order valence-corrected chi connectivity index (χ2v) is 6.29. The number of aryl methyl sites for hydroxylation is 2. The number of carbonyl (C=O) groups excluding carboxylic acids is 3. The van der Waals surface area contributed by atoms with Gasteiger partial charge in [-0.05, 0) is 31.9 Å². The Balaban J connectivity index is 1.42. The van der Waals surface area contributed by atoms with Crippen molar-refractivity contribution in [2.45, 2.75) is 38.6 Å². The zero-order valence-corrected chi connectivity index (χ0v) is 14.9. The maximum absolute atomic E-state index is 12.3. The van der Waals surface area contributed by atoms with Crippen molar-refractivity contribution in [2.75, 3.05) is 11.9 Å². The molecule has 0 aliphatic carbocycles. The number of anilines is 1. The Bertz CT molecular complexity index is 848. The Labute approximate surface area is 155 Å². The molecule has 0 saturated heterocycles. The zero-order valence-electron chi connectivity index (χ0n) is 14.9. The lowest BCUT2D eigenvalue weighted by Gasteiger charge is -2.14. The van der Waals surface area contributed by atoms with Crippen molar-refractivity contribution >= 4 is 23.4 Å². The number of hydrogen-bond acceptors (Lipinski definition) is 6. The monoisotopic (exact) mass is 371 g/mol. The molecule has 2 heterocycles. The summed E-state index contributed by atoms with van der Waals surface area (Å²) in [4.78, 5) is 40.6. The SMILES string of the molecule is Cc1noc(CCCNC(=O)CC[C@H]2NC(=O)c3ccccc3NC2=O)n1. The van der Waals surface area contributed by atoms with E-state index in [0.29, 0.717) is 42.4 Å². The van der Waals surface area contributed by atoms with Crippen LogP contribution in [0.5, 0.6) is 0 Å². The first-order valence-corrected chi connectivity index (χ1v) is 8.79. The fourth-order valence-electron chi connectivity index (χ4n) is 2.79. The molecule has 1 aliphatic heterocycles. The van der Waals surface area contributed by atoms with Crippen LogP contribution >= 0.6 is 0 Å². The number of para-hydroxylation sites is 1. The van der Waals surface area contributed by atoms with Crippen molar-refractivity contribution < 1.29 is 18.9 Å². The van der Waals surface area contributed by atoms with Crippen LogP contribution in [-0.2, 0) is 16.0 Å². The van der Waals surface area contributed by atoms with E-state index in [2.05, 4.69) is 26.1 Å². The standard InChI is InChI=1S/C18H21N5O4/c1-11-20-16(27-23-11)7-4-10-19-15(24)9-8-14-18(26)21-13-6-3-2-5-12(13)17(25)22-14/h2-3,5-6,14H,4,7-10H2,1H3,(H,19,24)(H,21,26)(H,22,25)/t14-/m1/s1. The number of nitrogens with one attached hydrogen (secondary N) is 3. The number of benzene rings is 1. The summed E-state index contributed by atoms with van der Waals surface area (Å²) in [6.45, 7) is 2.21. The van der Waals surface area contributed by atoms with Crippen LogP contribution in [0.3, 0.4) is 0 Å². The predicted molar refractivity (Wildman–Crippen MR) is 95.9 cm³/mol. The summed E-state index contributed by atoms with van der Waals surface area (Å²) in [5.74, 6) is 0.289. The first-order valence-electron chi connectivity index (χ1n) is 8.79. The molecule has 0 radical (unpaired) electrons. The van der Waals surface area contributed by atoms with E-state index in [1.54, 1.807) is 31.2 Å². The highest BCUT2D eigenvalue weighted by Crippen LogP contribution is 2.19. The Kier molecular flexibility index (Phi) is 5.80. The van der Waals surface area contributed by atoms with Crippen molar-refractivity contribution in [3.05, 3.63) is 41.5 Å². The summed E-state index contributed by atoms with van der Waals surface area (Å²) in [6.07, 6.45) is 1.61. The molecule has 3 N–H and O–H groups in total. The van der Waals surface area contributed by atoms with Gasteiger partial charge >= 0.3 is 0 Å². The van der Waals surface area contributed by atoms with Crippen LogP contribution in [0.15, 0.2) is 28.8 Å². The number of hydrogen-bond donors (Lipinski definition) is 3. The molecule has 0 bridgehead atoms. The van der Waals surface area contributed by atoms with Gasteiger partial charge in [-0.15, -0.1) is 0 Å². The second kappa shape index (κ2) is 8.43. The lowest BCUT2D eigenvalue weighted by atomic mass is 10.1. The fourth-order valence-corrected chi connectivity index (χ4v) is 2.79. The Morgan fingerprint density at radius 1 is 1.30 bits per heavy atom. The molecule has 1 aromatic heterocycles. The topological polar surface area (TPSA) is 126 Å². The molecule has 0 spiro atoms. The molecule has 9 nitrogen and oxygen atoms in total. The Hall–Kier alpha value is -3.23. The summed E-state index contributed by atoms with van der Waals surface area (Å²) in [6, 6.07) is 6.04. The number of carbonyl (C=O) groups is 3. The van der Waals surface area contributed by atoms with Gasteiger partial charge in [0.25, 0.3) is 5.91 Å². The van der Waals surface area contributed by atoms with Gasteiger partial charge in [0.05, 0.1) is 11.3 Å². The van der Waals surface area contributed by atoms with E-state index in [9.17, 15) is 14.4 Å². The van der Waals surface area contributed by atoms with Gasteiger partial charge in [0.2, 0.25) is 17.7 Å². The smallest absolute Gasteiger partial charge is 0.254 e. The van der Waals surface area contributed by atoms with Crippen molar-refractivity contribution in [1.82, 2.24) is 20.8 Å². The average Bonchev–Trinajstić information content (AvgIpc) is 3.02. The van der Waals surface area contributed by atoms with E-state index in [4.69, 9.17) is 4.52 Å². The predicted octanol–water partition coefficient (Wildman–Crippen LogP) is 0.958. The molecular formula is C18H21N5O4. The lowest BCUT2D eigenvalue weighted by molar-refractivity contribution is -0.121. The van der Waals surface area contributed by atoms with Crippen LogP contribution < -0.4 is 16.0 Å². The third-order valence-corrected chi connectivity index (χ3v) is 4.17. The molecule has 142 valence electrons.